The maximum atomic E-state index is 12.1. The van der Waals surface area contributed by atoms with Crippen molar-refractivity contribution < 1.29 is 9.53 Å². The van der Waals surface area contributed by atoms with Gasteiger partial charge in [-0.05, 0) is 43.2 Å². The summed E-state index contributed by atoms with van der Waals surface area (Å²) in [4.78, 5) is 22.6. The third-order valence-electron chi connectivity index (χ3n) is 4.06. The first-order valence-electron chi connectivity index (χ1n) is 9.00. The van der Waals surface area contributed by atoms with E-state index in [1.165, 1.54) is 11.8 Å². The summed E-state index contributed by atoms with van der Waals surface area (Å²) in [6, 6.07) is 11.1. The molecule has 8 heteroatoms. The number of benzene rings is 1. The monoisotopic (exact) mass is 378 g/mol. The maximum Gasteiger partial charge on any atom is 0.340 e. The van der Waals surface area contributed by atoms with Crippen molar-refractivity contribution in [3.05, 3.63) is 66.1 Å². The number of rotatable bonds is 8. The molecule has 0 aliphatic carbocycles. The van der Waals surface area contributed by atoms with Crippen LogP contribution < -0.4 is 10.2 Å². The number of likely N-dealkylation sites (N-methyl/N-ethyl adjacent to an activating group) is 1. The molecule has 0 fully saturated rings. The number of ether oxygens (including phenoxy) is 1. The number of hydrogen-bond donors (Lipinski definition) is 1. The molecule has 0 saturated carbocycles. The molecule has 28 heavy (non-hydrogen) atoms. The van der Waals surface area contributed by atoms with Crippen LogP contribution in [0.4, 0.5) is 17.5 Å². The molecule has 0 radical (unpaired) electrons. The van der Waals surface area contributed by atoms with Crippen molar-refractivity contribution in [3.63, 3.8) is 0 Å². The zero-order chi connectivity index (χ0) is 19.8. The van der Waals surface area contributed by atoms with Crippen LogP contribution in [0.15, 0.2) is 55.0 Å². The number of para-hydroxylation sites is 1. The molecule has 2 heterocycles. The van der Waals surface area contributed by atoms with Gasteiger partial charge in [-0.1, -0.05) is 12.1 Å². The average Bonchev–Trinajstić information content (AvgIpc) is 2.73. The normalized spacial score (nSPS) is 10.4. The van der Waals surface area contributed by atoms with Crippen LogP contribution in [0.2, 0.25) is 0 Å². The van der Waals surface area contributed by atoms with E-state index in [-0.39, 0.29) is 5.97 Å². The van der Waals surface area contributed by atoms with Crippen molar-refractivity contribution in [2.75, 3.05) is 30.4 Å². The summed E-state index contributed by atoms with van der Waals surface area (Å²) in [5.41, 5.74) is 2.23. The van der Waals surface area contributed by atoms with E-state index in [2.05, 4.69) is 25.5 Å². The molecule has 0 unspecified atom stereocenters. The van der Waals surface area contributed by atoms with Crippen molar-refractivity contribution in [1.82, 2.24) is 20.2 Å². The highest BCUT2D eigenvalue weighted by molar-refractivity contribution is 5.96. The molecule has 0 aliphatic heterocycles. The third kappa shape index (κ3) is 5.00. The lowest BCUT2D eigenvalue weighted by Crippen LogP contribution is -2.23. The van der Waals surface area contributed by atoms with Crippen LogP contribution in [0.5, 0.6) is 0 Å². The molecule has 1 N–H and O–H groups in total. The van der Waals surface area contributed by atoms with E-state index in [0.717, 1.165) is 13.0 Å². The minimum Gasteiger partial charge on any atom is -0.462 e. The molecule has 1 aromatic carbocycles. The van der Waals surface area contributed by atoms with E-state index in [9.17, 15) is 4.79 Å². The van der Waals surface area contributed by atoms with Crippen LogP contribution in [-0.4, -0.2) is 46.3 Å². The average molecular weight is 378 g/mol. The Hall–Kier alpha value is -3.55. The second kappa shape index (κ2) is 9.40. The molecule has 0 aliphatic rings. The van der Waals surface area contributed by atoms with Crippen molar-refractivity contribution >= 4 is 23.4 Å². The summed E-state index contributed by atoms with van der Waals surface area (Å²) >= 11 is 0. The minimum absolute atomic E-state index is 0.314. The highest BCUT2D eigenvalue weighted by Gasteiger charge is 2.13. The predicted molar refractivity (Wildman–Crippen MR) is 107 cm³/mol. The van der Waals surface area contributed by atoms with Gasteiger partial charge in [0.25, 0.3) is 0 Å². The number of anilines is 3. The van der Waals surface area contributed by atoms with E-state index >= 15 is 0 Å². The van der Waals surface area contributed by atoms with Gasteiger partial charge in [0.15, 0.2) is 5.82 Å². The topological polar surface area (TPSA) is 93.1 Å². The lowest BCUT2D eigenvalue weighted by atomic mass is 10.2. The standard InChI is InChI=1S/C20H22N6O2/c1-3-28-19(27)16-6-4-5-7-17(16)23-18-14-22-25-20(24-18)26(2)13-10-15-8-11-21-12-9-15/h4-9,11-12,14H,3,10,13H2,1-2H3,(H,23,24,25). The Kier molecular flexibility index (Phi) is 6.46. The van der Waals surface area contributed by atoms with Crippen LogP contribution >= 0.6 is 0 Å². The number of carbonyl (C=O) groups is 1. The van der Waals surface area contributed by atoms with Crippen LogP contribution in [0, 0.1) is 0 Å². The molecular weight excluding hydrogens is 356 g/mol. The Labute approximate surface area is 163 Å². The fourth-order valence-electron chi connectivity index (χ4n) is 2.58. The van der Waals surface area contributed by atoms with Gasteiger partial charge in [0.2, 0.25) is 5.95 Å². The molecule has 0 bridgehead atoms. The van der Waals surface area contributed by atoms with E-state index in [1.807, 2.05) is 30.1 Å². The summed E-state index contributed by atoms with van der Waals surface area (Å²) < 4.78 is 5.10. The Bertz CT molecular complexity index is 919. The minimum atomic E-state index is -0.387. The number of pyridine rings is 1. The predicted octanol–water partition coefficient (Wildman–Crippen LogP) is 2.87. The maximum absolute atomic E-state index is 12.1. The molecule has 0 saturated heterocycles. The first kappa shape index (κ1) is 19.2. The van der Waals surface area contributed by atoms with Gasteiger partial charge in [-0.2, -0.15) is 10.1 Å². The Morgan fingerprint density at radius 1 is 1.18 bits per heavy atom. The second-order valence-corrected chi connectivity index (χ2v) is 6.06. The van der Waals surface area contributed by atoms with Crippen molar-refractivity contribution in [3.8, 4) is 0 Å². The molecule has 3 rings (SSSR count). The number of esters is 1. The largest absolute Gasteiger partial charge is 0.462 e. The van der Waals surface area contributed by atoms with Crippen molar-refractivity contribution in [2.45, 2.75) is 13.3 Å². The van der Waals surface area contributed by atoms with Gasteiger partial charge >= 0.3 is 5.97 Å². The first-order valence-corrected chi connectivity index (χ1v) is 9.00. The van der Waals surface area contributed by atoms with Gasteiger partial charge in [-0.3, -0.25) is 4.98 Å². The summed E-state index contributed by atoms with van der Waals surface area (Å²) in [6.07, 6.45) is 5.91. The fourth-order valence-corrected chi connectivity index (χ4v) is 2.58. The van der Waals surface area contributed by atoms with E-state index in [4.69, 9.17) is 4.74 Å². The van der Waals surface area contributed by atoms with Crippen molar-refractivity contribution in [2.24, 2.45) is 0 Å². The summed E-state index contributed by atoms with van der Waals surface area (Å²) in [6.45, 7) is 2.82. The number of carbonyl (C=O) groups excluding carboxylic acids is 1. The molecule has 2 aromatic heterocycles. The highest BCUT2D eigenvalue weighted by atomic mass is 16.5. The lowest BCUT2D eigenvalue weighted by molar-refractivity contribution is 0.0527. The lowest BCUT2D eigenvalue weighted by Gasteiger charge is -2.17. The SMILES string of the molecule is CCOC(=O)c1ccccc1Nc1cnnc(N(C)CCc2ccncc2)n1. The van der Waals surface area contributed by atoms with E-state index in [0.29, 0.717) is 29.6 Å². The van der Waals surface area contributed by atoms with Crippen molar-refractivity contribution in [1.29, 1.82) is 0 Å². The van der Waals surface area contributed by atoms with Crippen LogP contribution in [0.25, 0.3) is 0 Å². The number of nitrogens with one attached hydrogen (secondary N) is 1. The van der Waals surface area contributed by atoms with E-state index < -0.39 is 0 Å². The summed E-state index contributed by atoms with van der Waals surface area (Å²) in [7, 11) is 1.91. The summed E-state index contributed by atoms with van der Waals surface area (Å²) in [5, 5.41) is 11.3. The van der Waals surface area contributed by atoms with Gasteiger partial charge in [0.1, 0.15) is 0 Å². The van der Waals surface area contributed by atoms with Crippen LogP contribution in [0.3, 0.4) is 0 Å². The van der Waals surface area contributed by atoms with Crippen LogP contribution in [0.1, 0.15) is 22.8 Å². The Morgan fingerprint density at radius 2 is 1.96 bits per heavy atom. The van der Waals surface area contributed by atoms with Gasteiger partial charge in [0.05, 0.1) is 24.1 Å². The fraction of sp³-hybridized carbons (Fsp3) is 0.250. The molecule has 0 amide bonds. The molecule has 3 aromatic rings. The molecule has 0 spiro atoms. The number of nitrogens with zero attached hydrogens (tertiary/aromatic N) is 5. The van der Waals surface area contributed by atoms with Crippen LogP contribution in [-0.2, 0) is 11.2 Å². The second-order valence-electron chi connectivity index (χ2n) is 6.06. The Morgan fingerprint density at radius 3 is 2.75 bits per heavy atom. The highest BCUT2D eigenvalue weighted by Crippen LogP contribution is 2.21. The number of aromatic nitrogens is 4. The quantitative estimate of drug-likeness (QED) is 0.598. The van der Waals surface area contributed by atoms with Gasteiger partial charge < -0.3 is 15.0 Å². The first-order chi connectivity index (χ1) is 13.7. The molecule has 0 atom stereocenters. The molecular formula is C20H22N6O2. The van der Waals surface area contributed by atoms with Gasteiger partial charge in [-0.25, -0.2) is 4.79 Å². The Balaban J connectivity index is 1.71. The summed E-state index contributed by atoms with van der Waals surface area (Å²) in [5.74, 6) is 0.604. The van der Waals surface area contributed by atoms with E-state index in [1.54, 1.807) is 37.5 Å². The zero-order valence-electron chi connectivity index (χ0n) is 15.9. The molecule has 144 valence electrons. The third-order valence-corrected chi connectivity index (χ3v) is 4.06. The van der Waals surface area contributed by atoms with Gasteiger partial charge in [-0.15, -0.1) is 5.10 Å². The zero-order valence-corrected chi connectivity index (χ0v) is 15.9. The smallest absolute Gasteiger partial charge is 0.340 e. The van der Waals surface area contributed by atoms with Gasteiger partial charge in [0, 0.05) is 26.0 Å². The molecule has 8 nitrogen and oxygen atoms in total. The number of hydrogen-bond acceptors (Lipinski definition) is 8.